The number of nitrogens with zero attached hydrogens (tertiary/aromatic N) is 2. The molecule has 2 heterocycles. The summed E-state index contributed by atoms with van der Waals surface area (Å²) in [6.07, 6.45) is 7.61. The zero-order valence-corrected chi connectivity index (χ0v) is 25.8. The Bertz CT molecular complexity index is 1430. The van der Waals surface area contributed by atoms with Crippen molar-refractivity contribution < 1.29 is 29.2 Å². The van der Waals surface area contributed by atoms with Crippen molar-refractivity contribution in [3.8, 4) is 17.3 Å². The molecule has 0 aliphatic carbocycles. The number of hydrogen-bond donors (Lipinski definition) is 4. The van der Waals surface area contributed by atoms with Crippen LogP contribution in [-0.4, -0.2) is 57.3 Å². The van der Waals surface area contributed by atoms with Crippen LogP contribution in [0.3, 0.4) is 0 Å². The number of ether oxygens (including phenoxy) is 3. The van der Waals surface area contributed by atoms with Gasteiger partial charge in [-0.25, -0.2) is 9.36 Å². The molecule has 0 radical (unpaired) electrons. The van der Waals surface area contributed by atoms with Crippen LogP contribution in [0.2, 0.25) is 0 Å². The van der Waals surface area contributed by atoms with Crippen LogP contribution >= 0.6 is 0 Å². The van der Waals surface area contributed by atoms with E-state index >= 15 is 0 Å². The van der Waals surface area contributed by atoms with Gasteiger partial charge in [-0.3, -0.25) is 9.36 Å². The van der Waals surface area contributed by atoms with Gasteiger partial charge in [-0.2, -0.15) is 0 Å². The summed E-state index contributed by atoms with van der Waals surface area (Å²) in [6.45, 7) is 6.78. The second kappa shape index (κ2) is 15.9. The van der Waals surface area contributed by atoms with Gasteiger partial charge in [-0.1, -0.05) is 31.0 Å². The molecule has 11 nitrogen and oxygen atoms in total. The van der Waals surface area contributed by atoms with Crippen molar-refractivity contribution in [3.63, 3.8) is 0 Å². The molecule has 240 valence electrons. The fourth-order valence-electron chi connectivity index (χ4n) is 5.22. The van der Waals surface area contributed by atoms with E-state index in [4.69, 9.17) is 19.9 Å². The zero-order valence-electron chi connectivity index (χ0n) is 25.8. The summed E-state index contributed by atoms with van der Waals surface area (Å²) in [4.78, 5) is 23.7. The summed E-state index contributed by atoms with van der Waals surface area (Å²) >= 11 is 0. The maximum Gasteiger partial charge on any atom is 0.336 e. The third-order valence-electron chi connectivity index (χ3n) is 7.57. The lowest BCUT2D eigenvalue weighted by molar-refractivity contribution is -0.180. The Balaban J connectivity index is 1.02. The molecule has 1 amide bonds. The number of aromatic hydroxyl groups is 1. The molecular formula is C33H46N4O7. The van der Waals surface area contributed by atoms with Crippen molar-refractivity contribution in [2.24, 2.45) is 5.73 Å². The topological polar surface area (TPSA) is 150 Å². The van der Waals surface area contributed by atoms with Gasteiger partial charge in [0, 0.05) is 39.2 Å². The molecule has 2 aromatic carbocycles. The minimum absolute atomic E-state index is 0.241. The van der Waals surface area contributed by atoms with Crippen molar-refractivity contribution in [2.75, 3.05) is 26.3 Å². The van der Waals surface area contributed by atoms with E-state index in [1.54, 1.807) is 6.07 Å². The van der Waals surface area contributed by atoms with Crippen molar-refractivity contribution in [3.05, 3.63) is 75.8 Å². The molecule has 1 aliphatic heterocycles. The molecule has 0 fully saturated rings. The van der Waals surface area contributed by atoms with Crippen LogP contribution in [0.5, 0.6) is 11.6 Å². The van der Waals surface area contributed by atoms with E-state index in [9.17, 15) is 19.8 Å². The number of carbonyl (C=O) groups is 1. The predicted octanol–water partition coefficient (Wildman–Crippen LogP) is 3.70. The Hall–Kier alpha value is -3.64. The van der Waals surface area contributed by atoms with E-state index < -0.39 is 23.5 Å². The highest BCUT2D eigenvalue weighted by Crippen LogP contribution is 2.32. The first kappa shape index (κ1) is 33.3. The Kier molecular flexibility index (Phi) is 12.0. The van der Waals surface area contributed by atoms with Crippen LogP contribution in [0, 0.1) is 0 Å². The van der Waals surface area contributed by atoms with Crippen LogP contribution < -0.4 is 21.5 Å². The van der Waals surface area contributed by atoms with Gasteiger partial charge >= 0.3 is 5.69 Å². The molecule has 0 unspecified atom stereocenters. The van der Waals surface area contributed by atoms with Gasteiger partial charge in [-0.05, 0) is 74.0 Å². The fraction of sp³-hybridized carbons (Fsp3) is 0.515. The molecule has 11 heteroatoms. The number of nitrogens with one attached hydrogen (secondary N) is 1. The average Bonchev–Trinajstić information content (AvgIpc) is 3.26. The molecule has 0 saturated carbocycles. The van der Waals surface area contributed by atoms with Crippen LogP contribution in [0.15, 0.2) is 53.5 Å². The van der Waals surface area contributed by atoms with E-state index in [1.165, 1.54) is 6.20 Å². The predicted molar refractivity (Wildman–Crippen MR) is 167 cm³/mol. The summed E-state index contributed by atoms with van der Waals surface area (Å²) in [5.41, 5.74) is 8.08. The first-order chi connectivity index (χ1) is 21.1. The van der Waals surface area contributed by atoms with Gasteiger partial charge in [0.2, 0.25) is 17.6 Å². The van der Waals surface area contributed by atoms with Gasteiger partial charge in [0.05, 0.1) is 24.6 Å². The Labute approximate surface area is 258 Å². The third-order valence-corrected chi connectivity index (χ3v) is 7.57. The van der Waals surface area contributed by atoms with Gasteiger partial charge < -0.3 is 35.5 Å². The second-order valence-corrected chi connectivity index (χ2v) is 11.7. The van der Waals surface area contributed by atoms with Crippen LogP contribution in [-0.2, 0) is 33.8 Å². The number of aliphatic hydroxyl groups is 1. The minimum Gasteiger partial charge on any atom is -0.493 e. The number of aliphatic hydroxyl groups excluding tert-OH is 1. The summed E-state index contributed by atoms with van der Waals surface area (Å²) in [7, 11) is 0. The Morgan fingerprint density at radius 2 is 1.86 bits per heavy atom. The number of primary amides is 1. The van der Waals surface area contributed by atoms with Crippen LogP contribution in [0.25, 0.3) is 5.69 Å². The van der Waals surface area contributed by atoms with Crippen molar-refractivity contribution >= 4 is 5.91 Å². The molecule has 1 aliphatic rings. The standard InChI is InChI=1S/C33H46N4O7/c1-33(2)43-23-26-19-25(13-14-29(26)44-33)28(38)20-35-15-6-3-4-7-16-42-17-8-5-10-24-11-9-12-27(18-24)37-31(40)22-36(32(37)41)21-30(34)39/h9,11-14,18-19,22,28,35,38,40H,3-8,10,15-17,20-21,23H2,1-2H3,(H2,34,39)/t28-/m0/s1. The van der Waals surface area contributed by atoms with Crippen LogP contribution in [0.1, 0.15) is 75.2 Å². The summed E-state index contributed by atoms with van der Waals surface area (Å²) in [5, 5.41) is 24.1. The van der Waals surface area contributed by atoms with E-state index in [0.29, 0.717) is 25.4 Å². The number of carbonyl (C=O) groups excluding carboxylic acids is 1. The fourth-order valence-corrected chi connectivity index (χ4v) is 5.22. The molecule has 0 saturated heterocycles. The third kappa shape index (κ3) is 9.68. The van der Waals surface area contributed by atoms with Gasteiger partial charge in [-0.15, -0.1) is 0 Å². The maximum absolute atomic E-state index is 12.6. The molecule has 1 atom stereocenters. The van der Waals surface area contributed by atoms with Gasteiger partial charge in [0.25, 0.3) is 0 Å². The molecular weight excluding hydrogens is 564 g/mol. The molecule has 44 heavy (non-hydrogen) atoms. The maximum atomic E-state index is 12.6. The normalized spacial score (nSPS) is 14.6. The number of imidazole rings is 1. The molecule has 5 N–H and O–H groups in total. The number of nitrogens with two attached hydrogens (primary N) is 1. The molecule has 4 rings (SSSR count). The SMILES string of the molecule is CC1(C)OCc2cc([C@@H](O)CNCCCCCCOCCCCc3cccc(-n4c(O)cn(CC(N)=O)c4=O)c3)ccc2O1. The lowest BCUT2D eigenvalue weighted by Gasteiger charge is -2.33. The smallest absolute Gasteiger partial charge is 0.336 e. The van der Waals surface area contributed by atoms with E-state index in [-0.39, 0.29) is 12.4 Å². The zero-order chi connectivity index (χ0) is 31.5. The molecule has 1 aromatic heterocycles. The number of rotatable bonds is 18. The quantitative estimate of drug-likeness (QED) is 0.159. The number of fused-ring (bicyclic) bond motifs is 1. The largest absolute Gasteiger partial charge is 0.493 e. The number of aromatic nitrogens is 2. The average molecular weight is 611 g/mol. The molecule has 0 bridgehead atoms. The van der Waals surface area contributed by atoms with E-state index in [0.717, 1.165) is 89.7 Å². The highest BCUT2D eigenvalue weighted by molar-refractivity contribution is 5.73. The first-order valence-corrected chi connectivity index (χ1v) is 15.4. The lowest BCUT2D eigenvalue weighted by Crippen LogP contribution is -2.35. The number of amides is 1. The monoisotopic (exact) mass is 610 g/mol. The Morgan fingerprint density at radius 1 is 1.09 bits per heavy atom. The van der Waals surface area contributed by atoms with Gasteiger partial charge in [0.15, 0.2) is 0 Å². The summed E-state index contributed by atoms with van der Waals surface area (Å²) < 4.78 is 19.6. The van der Waals surface area contributed by atoms with Gasteiger partial charge in [0.1, 0.15) is 12.3 Å². The number of unbranched alkanes of at least 4 members (excludes halogenated alkanes) is 4. The van der Waals surface area contributed by atoms with Crippen LogP contribution in [0.4, 0.5) is 0 Å². The summed E-state index contributed by atoms with van der Waals surface area (Å²) in [6, 6.07) is 13.2. The molecule has 3 aromatic rings. The van der Waals surface area contributed by atoms with E-state index in [1.807, 2.05) is 50.2 Å². The number of aryl methyl sites for hydroxylation is 1. The van der Waals surface area contributed by atoms with E-state index in [2.05, 4.69) is 5.32 Å². The lowest BCUT2D eigenvalue weighted by atomic mass is 10.0. The highest BCUT2D eigenvalue weighted by Gasteiger charge is 2.27. The van der Waals surface area contributed by atoms with Crippen molar-refractivity contribution in [2.45, 2.75) is 83.8 Å². The summed E-state index contributed by atoms with van der Waals surface area (Å²) in [5.74, 6) is -0.708. The van der Waals surface area contributed by atoms with Crippen molar-refractivity contribution in [1.82, 2.24) is 14.5 Å². The minimum atomic E-state index is -0.653. The van der Waals surface area contributed by atoms with Crippen molar-refractivity contribution in [1.29, 1.82) is 0 Å². The highest BCUT2D eigenvalue weighted by atomic mass is 16.7. The number of benzene rings is 2. The number of hydrogen-bond acceptors (Lipinski definition) is 8. The Morgan fingerprint density at radius 3 is 2.66 bits per heavy atom. The first-order valence-electron chi connectivity index (χ1n) is 15.4. The second-order valence-electron chi connectivity index (χ2n) is 11.7. The molecule has 0 spiro atoms.